The van der Waals surface area contributed by atoms with Crippen LogP contribution in [0.25, 0.3) is 0 Å². The number of esters is 1. The Morgan fingerprint density at radius 1 is 1.04 bits per heavy atom. The summed E-state index contributed by atoms with van der Waals surface area (Å²) < 4.78 is 10.1. The summed E-state index contributed by atoms with van der Waals surface area (Å²) in [6.45, 7) is 3.70. The average Bonchev–Trinajstić information content (AvgIpc) is 2.65. The molecule has 0 aliphatic rings. The van der Waals surface area contributed by atoms with E-state index in [0.717, 1.165) is 12.0 Å². The first-order valence-corrected chi connectivity index (χ1v) is 8.20. The van der Waals surface area contributed by atoms with Crippen molar-refractivity contribution in [2.75, 3.05) is 13.7 Å². The molecule has 0 aliphatic carbocycles. The van der Waals surface area contributed by atoms with E-state index in [9.17, 15) is 9.59 Å². The molecule has 1 atom stereocenters. The number of amides is 1. The highest BCUT2D eigenvalue weighted by Crippen LogP contribution is 2.17. The second kappa shape index (κ2) is 8.87. The van der Waals surface area contributed by atoms with Crippen LogP contribution in [0.1, 0.15) is 40.9 Å². The fourth-order valence-corrected chi connectivity index (χ4v) is 2.40. The summed E-state index contributed by atoms with van der Waals surface area (Å²) in [5.41, 5.74) is 2.57. The Morgan fingerprint density at radius 3 is 2.24 bits per heavy atom. The lowest BCUT2D eigenvalue weighted by molar-refractivity contribution is -0.125. The van der Waals surface area contributed by atoms with Crippen molar-refractivity contribution in [3.8, 4) is 5.75 Å². The number of benzene rings is 2. The van der Waals surface area contributed by atoms with Gasteiger partial charge in [-0.25, -0.2) is 4.79 Å². The van der Waals surface area contributed by atoms with Crippen LogP contribution in [0.15, 0.2) is 48.5 Å². The predicted octanol–water partition coefficient (Wildman–Crippen LogP) is 3.43. The van der Waals surface area contributed by atoms with Crippen molar-refractivity contribution in [3.05, 3.63) is 65.2 Å². The smallest absolute Gasteiger partial charge is 0.338 e. The quantitative estimate of drug-likeness (QED) is 0.784. The Hall–Kier alpha value is -2.82. The van der Waals surface area contributed by atoms with Gasteiger partial charge < -0.3 is 14.8 Å². The Kier molecular flexibility index (Phi) is 6.57. The van der Waals surface area contributed by atoms with E-state index in [1.807, 2.05) is 38.1 Å². The van der Waals surface area contributed by atoms with Gasteiger partial charge in [-0.1, -0.05) is 36.8 Å². The minimum atomic E-state index is -0.541. The van der Waals surface area contributed by atoms with Gasteiger partial charge >= 0.3 is 5.97 Å². The SMILES string of the molecule is CC[C@@H](NC(=O)COC(=O)c1ccc(OC)cc1)c1ccc(C)cc1. The molecule has 5 nitrogen and oxygen atoms in total. The molecule has 0 fully saturated rings. The molecular weight excluding hydrogens is 318 g/mol. The first-order valence-electron chi connectivity index (χ1n) is 8.20. The van der Waals surface area contributed by atoms with Crippen molar-refractivity contribution >= 4 is 11.9 Å². The molecule has 0 aliphatic heterocycles. The molecule has 25 heavy (non-hydrogen) atoms. The summed E-state index contributed by atoms with van der Waals surface area (Å²) in [5, 5.41) is 2.89. The van der Waals surface area contributed by atoms with Crippen molar-refractivity contribution < 1.29 is 19.1 Å². The highest BCUT2D eigenvalue weighted by molar-refractivity contribution is 5.91. The van der Waals surface area contributed by atoms with E-state index in [1.54, 1.807) is 31.4 Å². The Labute approximate surface area is 148 Å². The third-order valence-electron chi connectivity index (χ3n) is 3.88. The largest absolute Gasteiger partial charge is 0.497 e. The molecular formula is C20H23NO4. The monoisotopic (exact) mass is 341 g/mol. The molecule has 5 heteroatoms. The van der Waals surface area contributed by atoms with Crippen LogP contribution in [-0.4, -0.2) is 25.6 Å². The average molecular weight is 341 g/mol. The lowest BCUT2D eigenvalue weighted by Gasteiger charge is -2.17. The lowest BCUT2D eigenvalue weighted by atomic mass is 10.0. The molecule has 0 unspecified atom stereocenters. The molecule has 0 spiro atoms. The molecule has 2 rings (SSSR count). The maximum atomic E-state index is 12.1. The third kappa shape index (κ3) is 5.35. The fraction of sp³-hybridized carbons (Fsp3) is 0.300. The zero-order valence-corrected chi connectivity index (χ0v) is 14.7. The normalized spacial score (nSPS) is 11.5. The maximum absolute atomic E-state index is 12.1. The molecule has 2 aromatic carbocycles. The van der Waals surface area contributed by atoms with Crippen LogP contribution >= 0.6 is 0 Å². The molecule has 2 aromatic rings. The molecule has 0 saturated heterocycles. The van der Waals surface area contributed by atoms with E-state index < -0.39 is 5.97 Å². The minimum absolute atomic E-state index is 0.104. The minimum Gasteiger partial charge on any atom is -0.497 e. The van der Waals surface area contributed by atoms with Crippen molar-refractivity contribution in [3.63, 3.8) is 0 Å². The summed E-state index contributed by atoms with van der Waals surface area (Å²) in [6.07, 6.45) is 0.751. The van der Waals surface area contributed by atoms with E-state index in [0.29, 0.717) is 11.3 Å². The van der Waals surface area contributed by atoms with Gasteiger partial charge in [-0.3, -0.25) is 4.79 Å². The van der Waals surface area contributed by atoms with Gasteiger partial charge in [-0.2, -0.15) is 0 Å². The predicted molar refractivity (Wildman–Crippen MR) is 95.6 cm³/mol. The van der Waals surface area contributed by atoms with E-state index in [1.165, 1.54) is 5.56 Å². The second-order valence-electron chi connectivity index (χ2n) is 5.74. The van der Waals surface area contributed by atoms with Crippen LogP contribution in [0.3, 0.4) is 0 Å². The molecule has 0 saturated carbocycles. The van der Waals surface area contributed by atoms with E-state index >= 15 is 0 Å². The zero-order valence-electron chi connectivity index (χ0n) is 14.7. The Balaban J connectivity index is 1.88. The highest BCUT2D eigenvalue weighted by Gasteiger charge is 2.15. The van der Waals surface area contributed by atoms with Crippen molar-refractivity contribution in [2.24, 2.45) is 0 Å². The first kappa shape index (κ1) is 18.5. The summed E-state index contributed by atoms with van der Waals surface area (Å²) in [4.78, 5) is 24.0. The van der Waals surface area contributed by atoms with Crippen LogP contribution < -0.4 is 10.1 Å². The number of aryl methyl sites for hydroxylation is 1. The Bertz CT molecular complexity index is 707. The summed E-state index contributed by atoms with van der Waals surface area (Å²) in [5.74, 6) is -0.214. The van der Waals surface area contributed by atoms with Gasteiger partial charge in [0.25, 0.3) is 5.91 Å². The zero-order chi connectivity index (χ0) is 18.2. The van der Waals surface area contributed by atoms with E-state index in [-0.39, 0.29) is 18.6 Å². The van der Waals surface area contributed by atoms with Crippen LogP contribution in [0.5, 0.6) is 5.75 Å². The molecule has 0 heterocycles. The number of carbonyl (C=O) groups is 2. The number of nitrogens with one attached hydrogen (secondary N) is 1. The lowest BCUT2D eigenvalue weighted by Crippen LogP contribution is -2.32. The highest BCUT2D eigenvalue weighted by atomic mass is 16.5. The number of rotatable bonds is 7. The topological polar surface area (TPSA) is 64.6 Å². The second-order valence-corrected chi connectivity index (χ2v) is 5.74. The van der Waals surface area contributed by atoms with E-state index in [4.69, 9.17) is 9.47 Å². The fourth-order valence-electron chi connectivity index (χ4n) is 2.40. The van der Waals surface area contributed by atoms with Crippen LogP contribution in [0.4, 0.5) is 0 Å². The van der Waals surface area contributed by atoms with Gasteiger partial charge in [0, 0.05) is 0 Å². The van der Waals surface area contributed by atoms with Crippen LogP contribution in [0.2, 0.25) is 0 Å². The van der Waals surface area contributed by atoms with Gasteiger partial charge in [-0.05, 0) is 43.2 Å². The van der Waals surface area contributed by atoms with Gasteiger partial charge in [0.15, 0.2) is 6.61 Å². The summed E-state index contributed by atoms with van der Waals surface area (Å²) in [7, 11) is 1.55. The standard InChI is InChI=1S/C20H23NO4/c1-4-18(15-7-5-14(2)6-8-15)21-19(22)13-25-20(23)16-9-11-17(24-3)12-10-16/h5-12,18H,4,13H2,1-3H3,(H,21,22)/t18-/m1/s1. The van der Waals surface area contributed by atoms with Crippen molar-refractivity contribution in [1.82, 2.24) is 5.32 Å². The number of methoxy groups -OCH3 is 1. The number of carbonyl (C=O) groups excluding carboxylic acids is 2. The summed E-state index contributed by atoms with van der Waals surface area (Å²) in [6, 6.07) is 14.4. The first-order chi connectivity index (χ1) is 12.0. The van der Waals surface area contributed by atoms with Gasteiger partial charge in [0.05, 0.1) is 18.7 Å². The van der Waals surface area contributed by atoms with Gasteiger partial charge in [0.1, 0.15) is 5.75 Å². The maximum Gasteiger partial charge on any atom is 0.338 e. The van der Waals surface area contributed by atoms with Crippen LogP contribution in [-0.2, 0) is 9.53 Å². The van der Waals surface area contributed by atoms with E-state index in [2.05, 4.69) is 5.32 Å². The molecule has 132 valence electrons. The molecule has 0 aromatic heterocycles. The number of hydrogen-bond donors (Lipinski definition) is 1. The van der Waals surface area contributed by atoms with Crippen molar-refractivity contribution in [2.45, 2.75) is 26.3 Å². The molecule has 1 amide bonds. The summed E-state index contributed by atoms with van der Waals surface area (Å²) >= 11 is 0. The molecule has 1 N–H and O–H groups in total. The number of hydrogen-bond acceptors (Lipinski definition) is 4. The van der Waals surface area contributed by atoms with Crippen molar-refractivity contribution in [1.29, 1.82) is 0 Å². The Morgan fingerprint density at radius 2 is 1.68 bits per heavy atom. The molecule has 0 bridgehead atoms. The van der Waals surface area contributed by atoms with Crippen LogP contribution in [0, 0.1) is 6.92 Å². The third-order valence-corrected chi connectivity index (χ3v) is 3.88. The molecule has 0 radical (unpaired) electrons. The van der Waals surface area contributed by atoms with Gasteiger partial charge in [-0.15, -0.1) is 0 Å². The van der Waals surface area contributed by atoms with Gasteiger partial charge in [0.2, 0.25) is 0 Å². The number of ether oxygens (including phenoxy) is 2.